The summed E-state index contributed by atoms with van der Waals surface area (Å²) in [7, 11) is 1.81. The third kappa shape index (κ3) is 4.91. The molecule has 7 nitrogen and oxygen atoms in total. The van der Waals surface area contributed by atoms with Crippen molar-refractivity contribution in [1.82, 2.24) is 30.2 Å². The second kappa shape index (κ2) is 7.63. The number of aromatic nitrogens is 4. The number of aromatic amines is 1. The van der Waals surface area contributed by atoms with Crippen LogP contribution in [0.15, 0.2) is 24.5 Å². The monoisotopic (exact) mass is 304 g/mol. The van der Waals surface area contributed by atoms with Crippen LogP contribution in [-0.2, 0) is 13.0 Å². The molecule has 0 aromatic carbocycles. The fraction of sp³-hybridized carbons (Fsp3) is 0.533. The lowest BCUT2D eigenvalue weighted by atomic mass is 10.2. The summed E-state index contributed by atoms with van der Waals surface area (Å²) in [6, 6.07) is 3.88. The van der Waals surface area contributed by atoms with Gasteiger partial charge < -0.3 is 10.2 Å². The van der Waals surface area contributed by atoms with Gasteiger partial charge in [-0.05, 0) is 32.4 Å². The Bertz CT molecular complexity index is 577. The zero-order valence-electron chi connectivity index (χ0n) is 13.4. The zero-order valence-corrected chi connectivity index (χ0v) is 13.4. The maximum Gasteiger partial charge on any atom is 0.317 e. The molecule has 2 amide bonds. The van der Waals surface area contributed by atoms with Crippen LogP contribution in [0.4, 0.5) is 4.79 Å². The van der Waals surface area contributed by atoms with E-state index in [1.807, 2.05) is 43.9 Å². The fourth-order valence-electron chi connectivity index (χ4n) is 2.27. The van der Waals surface area contributed by atoms with Crippen molar-refractivity contribution in [2.24, 2.45) is 0 Å². The third-order valence-electron chi connectivity index (χ3n) is 3.43. The Labute approximate surface area is 130 Å². The normalized spacial score (nSPS) is 12.1. The second-order valence-corrected chi connectivity index (χ2v) is 5.64. The Kier molecular flexibility index (Phi) is 5.57. The van der Waals surface area contributed by atoms with E-state index in [2.05, 4.69) is 20.6 Å². The van der Waals surface area contributed by atoms with Crippen molar-refractivity contribution in [2.45, 2.75) is 39.3 Å². The van der Waals surface area contributed by atoms with Crippen molar-refractivity contribution in [3.63, 3.8) is 0 Å². The number of hydrogen-bond donors (Lipinski definition) is 2. The molecule has 0 saturated heterocycles. The Morgan fingerprint density at radius 3 is 3.00 bits per heavy atom. The number of amides is 2. The van der Waals surface area contributed by atoms with Gasteiger partial charge >= 0.3 is 6.03 Å². The molecule has 0 aliphatic heterocycles. The van der Waals surface area contributed by atoms with E-state index in [-0.39, 0.29) is 12.1 Å². The highest BCUT2D eigenvalue weighted by atomic mass is 16.2. The van der Waals surface area contributed by atoms with Gasteiger partial charge in [-0.15, -0.1) is 0 Å². The number of hydrogen-bond acceptors (Lipinski definition) is 3. The SMILES string of the molecule is Cc1cc(C[C@@H](C)NC(=O)N(C)CCCn2cccn2)n[nH]1. The average molecular weight is 304 g/mol. The number of urea groups is 1. The lowest BCUT2D eigenvalue weighted by Gasteiger charge is -2.21. The first-order valence-electron chi connectivity index (χ1n) is 7.54. The van der Waals surface area contributed by atoms with E-state index in [0.29, 0.717) is 6.54 Å². The molecule has 2 aromatic rings. The van der Waals surface area contributed by atoms with Gasteiger partial charge in [0.25, 0.3) is 0 Å². The number of nitrogens with one attached hydrogen (secondary N) is 2. The minimum atomic E-state index is -0.0553. The van der Waals surface area contributed by atoms with Crippen molar-refractivity contribution in [3.05, 3.63) is 35.9 Å². The molecular formula is C15H24N6O. The van der Waals surface area contributed by atoms with Crippen molar-refractivity contribution < 1.29 is 4.79 Å². The molecule has 0 fully saturated rings. The molecule has 120 valence electrons. The molecule has 0 aliphatic rings. The minimum absolute atomic E-state index is 0.0452. The molecule has 2 aromatic heterocycles. The maximum absolute atomic E-state index is 12.1. The Morgan fingerprint density at radius 2 is 2.36 bits per heavy atom. The average Bonchev–Trinajstić information content (AvgIpc) is 3.10. The minimum Gasteiger partial charge on any atom is -0.335 e. The predicted molar refractivity (Wildman–Crippen MR) is 84.5 cm³/mol. The summed E-state index contributed by atoms with van der Waals surface area (Å²) >= 11 is 0. The lowest BCUT2D eigenvalue weighted by Crippen LogP contribution is -2.43. The van der Waals surface area contributed by atoms with Crippen LogP contribution in [0.3, 0.4) is 0 Å². The van der Waals surface area contributed by atoms with Crippen molar-refractivity contribution >= 4 is 6.03 Å². The second-order valence-electron chi connectivity index (χ2n) is 5.64. The van der Waals surface area contributed by atoms with Crippen LogP contribution in [0.1, 0.15) is 24.7 Å². The first-order valence-corrected chi connectivity index (χ1v) is 7.54. The predicted octanol–water partition coefficient (Wildman–Crippen LogP) is 1.58. The van der Waals surface area contributed by atoms with E-state index in [1.165, 1.54) is 0 Å². The number of carbonyl (C=O) groups excluding carboxylic acids is 1. The molecule has 0 saturated carbocycles. The van der Waals surface area contributed by atoms with Crippen molar-refractivity contribution in [3.8, 4) is 0 Å². The summed E-state index contributed by atoms with van der Waals surface area (Å²) in [5, 5.41) is 14.2. The summed E-state index contributed by atoms with van der Waals surface area (Å²) < 4.78 is 1.87. The first kappa shape index (κ1) is 16.1. The summed E-state index contributed by atoms with van der Waals surface area (Å²) in [5.74, 6) is 0. The van der Waals surface area contributed by atoms with Gasteiger partial charge in [-0.1, -0.05) is 0 Å². The summed E-state index contributed by atoms with van der Waals surface area (Å²) in [6.07, 6.45) is 5.28. The van der Waals surface area contributed by atoms with E-state index in [4.69, 9.17) is 0 Å². The van der Waals surface area contributed by atoms with Crippen LogP contribution in [0.5, 0.6) is 0 Å². The Morgan fingerprint density at radius 1 is 1.55 bits per heavy atom. The van der Waals surface area contributed by atoms with Crippen molar-refractivity contribution in [2.75, 3.05) is 13.6 Å². The molecule has 0 bridgehead atoms. The van der Waals surface area contributed by atoms with Gasteiger partial charge in [0.15, 0.2) is 0 Å². The molecule has 7 heteroatoms. The topological polar surface area (TPSA) is 78.8 Å². The van der Waals surface area contributed by atoms with Gasteiger partial charge in [0, 0.05) is 50.7 Å². The van der Waals surface area contributed by atoms with Gasteiger partial charge in [0.2, 0.25) is 0 Å². The van der Waals surface area contributed by atoms with E-state index in [1.54, 1.807) is 11.1 Å². The molecule has 0 unspecified atom stereocenters. The molecular weight excluding hydrogens is 280 g/mol. The van der Waals surface area contributed by atoms with Gasteiger partial charge in [-0.25, -0.2) is 4.79 Å². The summed E-state index contributed by atoms with van der Waals surface area (Å²) in [6.45, 7) is 5.46. The van der Waals surface area contributed by atoms with Crippen LogP contribution >= 0.6 is 0 Å². The molecule has 2 heterocycles. The van der Waals surface area contributed by atoms with E-state index >= 15 is 0 Å². The van der Waals surface area contributed by atoms with Gasteiger partial charge in [0.05, 0.1) is 5.69 Å². The quantitative estimate of drug-likeness (QED) is 0.815. The Hall–Kier alpha value is -2.31. The number of nitrogens with zero attached hydrogens (tertiary/aromatic N) is 4. The Balaban J connectivity index is 1.68. The highest BCUT2D eigenvalue weighted by Gasteiger charge is 2.13. The number of rotatable bonds is 7. The zero-order chi connectivity index (χ0) is 15.9. The van der Waals surface area contributed by atoms with Crippen LogP contribution in [0.25, 0.3) is 0 Å². The first-order chi connectivity index (χ1) is 10.5. The summed E-state index contributed by atoms with van der Waals surface area (Å²) in [5.41, 5.74) is 2.00. The smallest absolute Gasteiger partial charge is 0.317 e. The van der Waals surface area contributed by atoms with Gasteiger partial charge in [0.1, 0.15) is 0 Å². The number of carbonyl (C=O) groups is 1. The number of aryl methyl sites for hydroxylation is 2. The third-order valence-corrected chi connectivity index (χ3v) is 3.43. The summed E-state index contributed by atoms with van der Waals surface area (Å²) in [4.78, 5) is 13.8. The van der Waals surface area contributed by atoms with Gasteiger partial charge in [-0.2, -0.15) is 10.2 Å². The fourth-order valence-corrected chi connectivity index (χ4v) is 2.27. The van der Waals surface area contributed by atoms with Crippen LogP contribution in [-0.4, -0.2) is 50.5 Å². The van der Waals surface area contributed by atoms with Crippen molar-refractivity contribution in [1.29, 1.82) is 0 Å². The van der Waals surface area contributed by atoms with Crippen LogP contribution < -0.4 is 5.32 Å². The molecule has 22 heavy (non-hydrogen) atoms. The van der Waals surface area contributed by atoms with E-state index < -0.39 is 0 Å². The molecule has 2 rings (SSSR count). The van der Waals surface area contributed by atoms with E-state index in [0.717, 1.165) is 30.8 Å². The van der Waals surface area contributed by atoms with Gasteiger partial charge in [-0.3, -0.25) is 9.78 Å². The molecule has 0 radical (unpaired) electrons. The number of H-pyrrole nitrogens is 1. The lowest BCUT2D eigenvalue weighted by molar-refractivity contribution is 0.204. The van der Waals surface area contributed by atoms with Crippen LogP contribution in [0, 0.1) is 6.92 Å². The highest BCUT2D eigenvalue weighted by molar-refractivity contribution is 5.74. The van der Waals surface area contributed by atoms with E-state index in [9.17, 15) is 4.79 Å². The standard InChI is InChI=1S/C15H24N6O/c1-12(10-14-11-13(2)18-19-14)17-15(22)20(3)7-5-9-21-8-4-6-16-21/h4,6,8,11-12H,5,7,9-10H2,1-3H3,(H,17,22)(H,18,19)/t12-/m1/s1. The maximum atomic E-state index is 12.1. The largest absolute Gasteiger partial charge is 0.335 e. The highest BCUT2D eigenvalue weighted by Crippen LogP contribution is 2.02. The molecule has 0 spiro atoms. The molecule has 1 atom stereocenters. The molecule has 2 N–H and O–H groups in total. The van der Waals surface area contributed by atoms with Crippen LogP contribution in [0.2, 0.25) is 0 Å². The molecule has 0 aliphatic carbocycles.